The summed E-state index contributed by atoms with van der Waals surface area (Å²) in [7, 11) is 0. The topological polar surface area (TPSA) is 47.7 Å². The molecule has 138 valence electrons. The van der Waals surface area contributed by atoms with Crippen molar-refractivity contribution in [2.45, 2.75) is 32.4 Å². The van der Waals surface area contributed by atoms with Crippen molar-refractivity contribution in [3.05, 3.63) is 65.5 Å². The van der Waals surface area contributed by atoms with Crippen molar-refractivity contribution in [3.63, 3.8) is 0 Å². The summed E-state index contributed by atoms with van der Waals surface area (Å²) < 4.78 is 16.7. The summed E-state index contributed by atoms with van der Waals surface area (Å²) in [5.41, 5.74) is 4.49. The summed E-state index contributed by atoms with van der Waals surface area (Å²) >= 11 is 0. The molecule has 2 aromatic carbocycles. The molecule has 5 rings (SSSR count). The van der Waals surface area contributed by atoms with Crippen LogP contribution in [0.2, 0.25) is 0 Å². The number of hydrogen-bond acceptors (Lipinski definition) is 5. The molecule has 5 heteroatoms. The average Bonchev–Trinajstić information content (AvgIpc) is 3.42. The molecule has 1 atom stereocenters. The molecular weight excluding hydrogens is 340 g/mol. The van der Waals surface area contributed by atoms with Crippen LogP contribution in [0.1, 0.15) is 35.7 Å². The maximum atomic E-state index is 5.73. The lowest BCUT2D eigenvalue weighted by Gasteiger charge is -2.24. The normalized spacial score (nSPS) is 18.9. The lowest BCUT2D eigenvalue weighted by molar-refractivity contribution is 0.173. The van der Waals surface area contributed by atoms with Crippen LogP contribution in [-0.4, -0.2) is 23.2 Å². The van der Waals surface area contributed by atoms with E-state index in [1.165, 1.54) is 17.5 Å². The Hall–Kier alpha value is -2.79. The molecule has 0 saturated carbocycles. The van der Waals surface area contributed by atoms with Gasteiger partial charge in [0.2, 0.25) is 12.7 Å². The zero-order valence-electron chi connectivity index (χ0n) is 15.4. The van der Waals surface area contributed by atoms with Crippen molar-refractivity contribution in [1.29, 1.82) is 0 Å². The second-order valence-electron chi connectivity index (χ2n) is 7.25. The van der Waals surface area contributed by atoms with E-state index in [0.717, 1.165) is 42.3 Å². The third-order valence-corrected chi connectivity index (χ3v) is 5.36. The number of aryl methyl sites for hydroxylation is 1. The van der Waals surface area contributed by atoms with E-state index in [0.29, 0.717) is 18.7 Å². The van der Waals surface area contributed by atoms with Gasteiger partial charge in [-0.1, -0.05) is 23.8 Å². The first-order valence-electron chi connectivity index (χ1n) is 9.41. The van der Waals surface area contributed by atoms with Crippen LogP contribution in [0, 0.1) is 6.92 Å². The highest BCUT2D eigenvalue weighted by Gasteiger charge is 2.28. The largest absolute Gasteiger partial charge is 0.454 e. The van der Waals surface area contributed by atoms with Crippen LogP contribution >= 0.6 is 0 Å². The van der Waals surface area contributed by atoms with Gasteiger partial charge in [-0.2, -0.15) is 0 Å². The van der Waals surface area contributed by atoms with Gasteiger partial charge in [0.25, 0.3) is 0 Å². The smallest absolute Gasteiger partial charge is 0.231 e. The van der Waals surface area contributed by atoms with E-state index in [2.05, 4.69) is 48.2 Å². The molecule has 1 aromatic heterocycles. The summed E-state index contributed by atoms with van der Waals surface area (Å²) in [6.07, 6.45) is 4.11. The van der Waals surface area contributed by atoms with Crippen LogP contribution in [0.4, 0.5) is 0 Å². The molecule has 1 saturated heterocycles. The number of hydrogen-bond donors (Lipinski definition) is 0. The Balaban J connectivity index is 1.33. The lowest BCUT2D eigenvalue weighted by Crippen LogP contribution is -2.22. The summed E-state index contributed by atoms with van der Waals surface area (Å²) in [5, 5.41) is 0. The molecule has 1 fully saturated rings. The minimum Gasteiger partial charge on any atom is -0.454 e. The van der Waals surface area contributed by atoms with Gasteiger partial charge in [-0.25, -0.2) is 4.98 Å². The molecule has 0 spiro atoms. The number of likely N-dealkylation sites (tertiary alicyclic amines) is 1. The highest BCUT2D eigenvalue weighted by molar-refractivity contribution is 5.53. The quantitative estimate of drug-likeness (QED) is 0.672. The first kappa shape index (κ1) is 16.4. The van der Waals surface area contributed by atoms with Gasteiger partial charge in [0.1, 0.15) is 6.26 Å². The molecule has 0 unspecified atom stereocenters. The number of ether oxygens (including phenoxy) is 2. The number of benzene rings is 2. The molecule has 5 nitrogen and oxygen atoms in total. The van der Waals surface area contributed by atoms with Gasteiger partial charge >= 0.3 is 0 Å². The first-order chi connectivity index (χ1) is 13.3. The summed E-state index contributed by atoms with van der Waals surface area (Å²) in [4.78, 5) is 7.17. The fourth-order valence-corrected chi connectivity index (χ4v) is 3.93. The number of fused-ring (bicyclic) bond motifs is 1. The van der Waals surface area contributed by atoms with Gasteiger partial charge in [0.15, 0.2) is 11.5 Å². The molecule has 0 radical (unpaired) electrons. The highest BCUT2D eigenvalue weighted by Crippen LogP contribution is 2.39. The van der Waals surface area contributed by atoms with Gasteiger partial charge < -0.3 is 13.9 Å². The van der Waals surface area contributed by atoms with E-state index in [1.807, 2.05) is 6.07 Å². The Morgan fingerprint density at radius 1 is 1.07 bits per heavy atom. The summed E-state index contributed by atoms with van der Waals surface area (Å²) in [6, 6.07) is 14.9. The predicted molar refractivity (Wildman–Crippen MR) is 102 cm³/mol. The number of rotatable bonds is 4. The molecular formula is C22H22N2O3. The van der Waals surface area contributed by atoms with E-state index in [-0.39, 0.29) is 0 Å². The summed E-state index contributed by atoms with van der Waals surface area (Å²) in [6.45, 7) is 4.24. The van der Waals surface area contributed by atoms with Gasteiger partial charge in [-0.3, -0.25) is 4.90 Å². The Bertz CT molecular complexity index is 948. The van der Waals surface area contributed by atoms with Crippen LogP contribution in [0.3, 0.4) is 0 Å². The predicted octanol–water partition coefficient (Wildman–Crippen LogP) is 4.72. The fourth-order valence-electron chi connectivity index (χ4n) is 3.93. The molecule has 27 heavy (non-hydrogen) atoms. The molecule has 0 N–H and O–H groups in total. The third-order valence-electron chi connectivity index (χ3n) is 5.36. The molecule has 0 aliphatic carbocycles. The molecule has 0 bridgehead atoms. The minimum atomic E-state index is 0.313. The van der Waals surface area contributed by atoms with Crippen molar-refractivity contribution >= 4 is 0 Å². The van der Waals surface area contributed by atoms with Crippen molar-refractivity contribution in [2.75, 3.05) is 13.3 Å². The van der Waals surface area contributed by atoms with Crippen molar-refractivity contribution in [2.24, 2.45) is 0 Å². The van der Waals surface area contributed by atoms with E-state index >= 15 is 0 Å². The molecule has 2 aliphatic heterocycles. The second kappa shape index (κ2) is 6.74. The Morgan fingerprint density at radius 3 is 2.81 bits per heavy atom. The third kappa shape index (κ3) is 3.19. The fraction of sp³-hybridized carbons (Fsp3) is 0.318. The van der Waals surface area contributed by atoms with Crippen molar-refractivity contribution < 1.29 is 13.9 Å². The van der Waals surface area contributed by atoms with Crippen LogP contribution in [0.5, 0.6) is 11.5 Å². The number of oxazole rings is 1. The maximum Gasteiger partial charge on any atom is 0.231 e. The Labute approximate surface area is 158 Å². The van der Waals surface area contributed by atoms with Gasteiger partial charge in [0.05, 0.1) is 5.69 Å². The Morgan fingerprint density at radius 2 is 1.93 bits per heavy atom. The Kier molecular flexibility index (Phi) is 4.09. The zero-order valence-corrected chi connectivity index (χ0v) is 15.4. The van der Waals surface area contributed by atoms with Crippen molar-refractivity contribution in [3.8, 4) is 23.0 Å². The zero-order chi connectivity index (χ0) is 18.2. The van der Waals surface area contributed by atoms with E-state index in [4.69, 9.17) is 18.9 Å². The number of nitrogens with zero attached hydrogens (tertiary/aromatic N) is 2. The SMILES string of the molecule is Cc1ccc(-c2nc(CN3CCC[C@H]3c3ccc4c(c3)OCO4)co2)cc1. The van der Waals surface area contributed by atoms with Gasteiger partial charge in [-0.05, 0) is 56.1 Å². The minimum absolute atomic E-state index is 0.313. The standard InChI is InChI=1S/C22H22N2O3/c1-15-4-6-16(7-5-15)22-23-18(13-25-22)12-24-10-2-3-19(24)17-8-9-20-21(11-17)27-14-26-20/h4-9,11,13,19H,2-3,10,12,14H2,1H3/t19-/m0/s1. The average molecular weight is 362 g/mol. The van der Waals surface area contributed by atoms with Crippen LogP contribution in [0.25, 0.3) is 11.5 Å². The number of aromatic nitrogens is 1. The molecule has 3 aromatic rings. The molecule has 2 aliphatic rings. The highest BCUT2D eigenvalue weighted by atomic mass is 16.7. The van der Waals surface area contributed by atoms with Crippen LogP contribution in [-0.2, 0) is 6.54 Å². The van der Waals surface area contributed by atoms with Crippen molar-refractivity contribution in [1.82, 2.24) is 9.88 Å². The van der Waals surface area contributed by atoms with E-state index in [9.17, 15) is 0 Å². The van der Waals surface area contributed by atoms with Crippen LogP contribution < -0.4 is 9.47 Å². The van der Waals surface area contributed by atoms with E-state index < -0.39 is 0 Å². The molecule has 0 amide bonds. The molecule has 3 heterocycles. The van der Waals surface area contributed by atoms with Crippen LogP contribution in [0.15, 0.2) is 53.1 Å². The first-order valence-corrected chi connectivity index (χ1v) is 9.41. The van der Waals surface area contributed by atoms with E-state index in [1.54, 1.807) is 6.26 Å². The summed E-state index contributed by atoms with van der Waals surface area (Å²) in [5.74, 6) is 2.37. The maximum absolute atomic E-state index is 5.73. The van der Waals surface area contributed by atoms with Gasteiger partial charge in [0, 0.05) is 18.2 Å². The van der Waals surface area contributed by atoms with Gasteiger partial charge in [-0.15, -0.1) is 0 Å². The second-order valence-corrected chi connectivity index (χ2v) is 7.25. The monoisotopic (exact) mass is 362 g/mol. The lowest BCUT2D eigenvalue weighted by atomic mass is 10.0.